The number of rotatable bonds is 2. The monoisotopic (exact) mass is 305 g/mol. The SMILES string of the molecule is C[C@H]1C[C@@H](C(=O)N2CCN(C(=O)c3ccco3)CC2)CCN1. The minimum atomic E-state index is -0.0902. The molecule has 2 fully saturated rings. The van der Waals surface area contributed by atoms with Crippen LogP contribution in [-0.4, -0.2) is 60.4 Å². The van der Waals surface area contributed by atoms with Crippen molar-refractivity contribution in [3.8, 4) is 0 Å². The molecule has 1 aromatic rings. The molecule has 3 heterocycles. The van der Waals surface area contributed by atoms with Crippen LogP contribution in [0.15, 0.2) is 22.8 Å². The maximum absolute atomic E-state index is 12.6. The third-order valence-electron chi connectivity index (χ3n) is 4.58. The van der Waals surface area contributed by atoms with Gasteiger partial charge in [0, 0.05) is 38.1 Å². The molecule has 2 saturated heterocycles. The van der Waals surface area contributed by atoms with E-state index in [9.17, 15) is 9.59 Å². The Morgan fingerprint density at radius 3 is 2.59 bits per heavy atom. The number of hydrogen-bond donors (Lipinski definition) is 1. The summed E-state index contributed by atoms with van der Waals surface area (Å²) < 4.78 is 5.15. The normalized spacial score (nSPS) is 26.0. The summed E-state index contributed by atoms with van der Waals surface area (Å²) in [7, 11) is 0. The Morgan fingerprint density at radius 1 is 1.23 bits per heavy atom. The predicted molar refractivity (Wildman–Crippen MR) is 81.4 cm³/mol. The zero-order chi connectivity index (χ0) is 15.5. The maximum atomic E-state index is 12.6. The third-order valence-corrected chi connectivity index (χ3v) is 4.58. The van der Waals surface area contributed by atoms with Gasteiger partial charge < -0.3 is 19.5 Å². The van der Waals surface area contributed by atoms with Crippen LogP contribution in [0, 0.1) is 5.92 Å². The van der Waals surface area contributed by atoms with E-state index >= 15 is 0 Å². The van der Waals surface area contributed by atoms with Crippen LogP contribution in [0.1, 0.15) is 30.3 Å². The number of piperidine rings is 1. The van der Waals surface area contributed by atoms with Crippen molar-refractivity contribution in [3.63, 3.8) is 0 Å². The van der Waals surface area contributed by atoms with Gasteiger partial charge in [0.15, 0.2) is 5.76 Å². The highest BCUT2D eigenvalue weighted by Gasteiger charge is 2.31. The summed E-state index contributed by atoms with van der Waals surface area (Å²) in [6, 6.07) is 3.80. The van der Waals surface area contributed by atoms with Gasteiger partial charge in [-0.15, -0.1) is 0 Å². The van der Waals surface area contributed by atoms with Crippen molar-refractivity contribution < 1.29 is 14.0 Å². The van der Waals surface area contributed by atoms with E-state index < -0.39 is 0 Å². The van der Waals surface area contributed by atoms with Crippen LogP contribution in [0.5, 0.6) is 0 Å². The molecule has 0 aliphatic carbocycles. The second-order valence-electron chi connectivity index (χ2n) is 6.17. The number of carbonyl (C=O) groups is 2. The van der Waals surface area contributed by atoms with E-state index in [-0.39, 0.29) is 17.7 Å². The summed E-state index contributed by atoms with van der Waals surface area (Å²) in [6.45, 7) is 5.42. The first kappa shape index (κ1) is 15.1. The van der Waals surface area contributed by atoms with E-state index in [0.717, 1.165) is 19.4 Å². The predicted octanol–water partition coefficient (Wildman–Crippen LogP) is 0.952. The number of nitrogens with zero attached hydrogens (tertiary/aromatic N) is 2. The molecule has 3 rings (SSSR count). The Labute approximate surface area is 130 Å². The van der Waals surface area contributed by atoms with Crippen molar-refractivity contribution in [1.29, 1.82) is 0 Å². The van der Waals surface area contributed by atoms with Crippen LogP contribution in [-0.2, 0) is 4.79 Å². The van der Waals surface area contributed by atoms with Gasteiger partial charge in [-0.2, -0.15) is 0 Å². The van der Waals surface area contributed by atoms with E-state index in [4.69, 9.17) is 4.42 Å². The quantitative estimate of drug-likeness (QED) is 0.883. The average molecular weight is 305 g/mol. The molecular weight excluding hydrogens is 282 g/mol. The van der Waals surface area contributed by atoms with Crippen LogP contribution in [0.2, 0.25) is 0 Å². The smallest absolute Gasteiger partial charge is 0.289 e. The molecule has 0 radical (unpaired) electrons. The lowest BCUT2D eigenvalue weighted by molar-refractivity contribution is -0.138. The fourth-order valence-corrected chi connectivity index (χ4v) is 3.30. The van der Waals surface area contributed by atoms with Gasteiger partial charge >= 0.3 is 0 Å². The highest BCUT2D eigenvalue weighted by molar-refractivity contribution is 5.91. The topological polar surface area (TPSA) is 65.8 Å². The molecule has 1 N–H and O–H groups in total. The van der Waals surface area contributed by atoms with E-state index in [1.54, 1.807) is 17.0 Å². The molecule has 120 valence electrons. The van der Waals surface area contributed by atoms with Crippen molar-refractivity contribution in [1.82, 2.24) is 15.1 Å². The third kappa shape index (κ3) is 3.16. The van der Waals surface area contributed by atoms with Gasteiger partial charge in [-0.25, -0.2) is 0 Å². The van der Waals surface area contributed by atoms with Gasteiger partial charge in [0.1, 0.15) is 0 Å². The van der Waals surface area contributed by atoms with Gasteiger partial charge in [-0.1, -0.05) is 0 Å². The number of amides is 2. The zero-order valence-electron chi connectivity index (χ0n) is 13.0. The van der Waals surface area contributed by atoms with Crippen molar-refractivity contribution >= 4 is 11.8 Å². The van der Waals surface area contributed by atoms with Gasteiger partial charge in [0.2, 0.25) is 5.91 Å². The first-order chi connectivity index (χ1) is 10.6. The van der Waals surface area contributed by atoms with Crippen molar-refractivity contribution in [2.45, 2.75) is 25.8 Å². The number of furan rings is 1. The molecule has 0 spiro atoms. The molecule has 2 aliphatic heterocycles. The Morgan fingerprint density at radius 2 is 1.95 bits per heavy atom. The minimum absolute atomic E-state index is 0.0902. The van der Waals surface area contributed by atoms with Crippen molar-refractivity contribution in [2.75, 3.05) is 32.7 Å². The first-order valence-electron chi connectivity index (χ1n) is 8.00. The summed E-state index contributed by atoms with van der Waals surface area (Å²) in [5.74, 6) is 0.654. The standard InChI is InChI=1S/C16H23N3O3/c1-12-11-13(4-5-17-12)15(20)18-6-8-19(9-7-18)16(21)14-3-2-10-22-14/h2-3,10,12-13,17H,4-9,11H2,1H3/t12-,13-/m0/s1. The van der Waals surface area contributed by atoms with Gasteiger partial charge in [0.25, 0.3) is 5.91 Å². The summed E-state index contributed by atoms with van der Waals surface area (Å²) in [6.07, 6.45) is 3.32. The zero-order valence-corrected chi connectivity index (χ0v) is 13.0. The second kappa shape index (κ2) is 6.52. The maximum Gasteiger partial charge on any atom is 0.289 e. The summed E-state index contributed by atoms with van der Waals surface area (Å²) in [5, 5.41) is 3.37. The molecule has 0 saturated carbocycles. The fourth-order valence-electron chi connectivity index (χ4n) is 3.30. The van der Waals surface area contributed by atoms with Crippen molar-refractivity contribution in [2.24, 2.45) is 5.92 Å². The molecule has 0 unspecified atom stereocenters. The average Bonchev–Trinajstić information content (AvgIpc) is 3.08. The molecule has 2 amide bonds. The number of carbonyl (C=O) groups excluding carboxylic acids is 2. The second-order valence-corrected chi connectivity index (χ2v) is 6.17. The lowest BCUT2D eigenvalue weighted by Crippen LogP contribution is -2.53. The molecule has 2 aliphatic rings. The molecule has 22 heavy (non-hydrogen) atoms. The van der Waals surface area contributed by atoms with E-state index in [1.807, 2.05) is 4.90 Å². The molecule has 6 nitrogen and oxygen atoms in total. The van der Waals surface area contributed by atoms with Crippen molar-refractivity contribution in [3.05, 3.63) is 24.2 Å². The summed E-state index contributed by atoms with van der Waals surface area (Å²) in [4.78, 5) is 28.5. The van der Waals surface area contributed by atoms with Gasteiger partial charge in [-0.05, 0) is 38.4 Å². The summed E-state index contributed by atoms with van der Waals surface area (Å²) >= 11 is 0. The minimum Gasteiger partial charge on any atom is -0.459 e. The first-order valence-corrected chi connectivity index (χ1v) is 8.00. The Bertz CT molecular complexity index is 521. The molecule has 2 atom stereocenters. The molecular formula is C16H23N3O3. The van der Waals surface area contributed by atoms with Gasteiger partial charge in [-0.3, -0.25) is 9.59 Å². The molecule has 0 aromatic carbocycles. The van der Waals surface area contributed by atoms with E-state index in [1.165, 1.54) is 6.26 Å². The highest BCUT2D eigenvalue weighted by Crippen LogP contribution is 2.20. The molecule has 6 heteroatoms. The van der Waals surface area contributed by atoms with Crippen LogP contribution in [0.4, 0.5) is 0 Å². The fraction of sp³-hybridized carbons (Fsp3) is 0.625. The van der Waals surface area contributed by atoms with Crippen LogP contribution in [0.3, 0.4) is 0 Å². The number of hydrogen-bond acceptors (Lipinski definition) is 4. The lowest BCUT2D eigenvalue weighted by atomic mass is 9.92. The van der Waals surface area contributed by atoms with Gasteiger partial charge in [0.05, 0.1) is 6.26 Å². The molecule has 0 bridgehead atoms. The van der Waals surface area contributed by atoms with E-state index in [2.05, 4.69) is 12.2 Å². The van der Waals surface area contributed by atoms with Crippen LogP contribution < -0.4 is 5.32 Å². The lowest BCUT2D eigenvalue weighted by Gasteiger charge is -2.37. The largest absolute Gasteiger partial charge is 0.459 e. The summed E-state index contributed by atoms with van der Waals surface area (Å²) in [5.41, 5.74) is 0. The number of piperazine rings is 1. The van der Waals surface area contributed by atoms with Crippen LogP contribution >= 0.6 is 0 Å². The Balaban J connectivity index is 1.53. The highest BCUT2D eigenvalue weighted by atomic mass is 16.3. The van der Waals surface area contributed by atoms with E-state index in [0.29, 0.717) is 38.0 Å². The van der Waals surface area contributed by atoms with Crippen LogP contribution in [0.25, 0.3) is 0 Å². The molecule has 1 aromatic heterocycles. The Kier molecular flexibility index (Phi) is 4.47. The number of nitrogens with one attached hydrogen (secondary N) is 1. The Hall–Kier alpha value is -1.82.